The Labute approximate surface area is 116 Å². The summed E-state index contributed by atoms with van der Waals surface area (Å²) in [5.41, 5.74) is 0.939. The Morgan fingerprint density at radius 1 is 1.16 bits per heavy atom. The highest BCUT2D eigenvalue weighted by Gasteiger charge is 2.14. The average molecular weight is 280 g/mol. The summed E-state index contributed by atoms with van der Waals surface area (Å²) in [5.74, 6) is 3.59. The maximum Gasteiger partial charge on any atom is 0.194 e. The Kier molecular flexibility index (Phi) is 3.60. The monoisotopic (exact) mass is 279 g/mol. The van der Waals surface area contributed by atoms with E-state index >= 15 is 0 Å². The standard InChI is InChI=1S/C14H14ClNO3/c15-5-1-2-14-16-9-13(19-14)10-3-4-11-12(8-10)18-7-6-17-11/h3-4,8-9H,1-2,5-7H2. The molecule has 0 fully saturated rings. The number of halogens is 1. The fourth-order valence-corrected chi connectivity index (χ4v) is 2.11. The molecule has 5 heteroatoms. The Morgan fingerprint density at radius 3 is 2.84 bits per heavy atom. The van der Waals surface area contributed by atoms with Gasteiger partial charge < -0.3 is 13.9 Å². The van der Waals surface area contributed by atoms with Gasteiger partial charge in [0.05, 0.1) is 6.20 Å². The predicted octanol–water partition coefficient (Wildman–Crippen LogP) is 3.28. The normalized spacial score (nSPS) is 13.5. The van der Waals surface area contributed by atoms with Crippen molar-refractivity contribution >= 4 is 11.6 Å². The minimum Gasteiger partial charge on any atom is -0.486 e. The SMILES string of the molecule is ClCCCc1ncc(-c2ccc3c(c2)OCCO3)o1. The van der Waals surface area contributed by atoms with E-state index in [1.807, 2.05) is 18.2 Å². The molecule has 0 N–H and O–H groups in total. The van der Waals surface area contributed by atoms with Crippen LogP contribution in [0, 0.1) is 0 Å². The second-order valence-corrected chi connectivity index (χ2v) is 4.65. The van der Waals surface area contributed by atoms with E-state index in [0.717, 1.165) is 35.7 Å². The molecule has 19 heavy (non-hydrogen) atoms. The van der Waals surface area contributed by atoms with E-state index in [1.165, 1.54) is 0 Å². The molecule has 1 aromatic heterocycles. The van der Waals surface area contributed by atoms with Gasteiger partial charge >= 0.3 is 0 Å². The zero-order chi connectivity index (χ0) is 13.1. The number of benzene rings is 1. The van der Waals surface area contributed by atoms with Crippen molar-refractivity contribution in [2.45, 2.75) is 12.8 Å². The third-order valence-corrected chi connectivity index (χ3v) is 3.17. The summed E-state index contributed by atoms with van der Waals surface area (Å²) in [6, 6.07) is 5.75. The van der Waals surface area contributed by atoms with Crippen molar-refractivity contribution in [2.75, 3.05) is 19.1 Å². The minimum atomic E-state index is 0.577. The molecule has 0 saturated heterocycles. The number of nitrogens with zero attached hydrogens (tertiary/aromatic N) is 1. The molecule has 0 aliphatic carbocycles. The second-order valence-electron chi connectivity index (χ2n) is 4.27. The van der Waals surface area contributed by atoms with Gasteiger partial charge in [-0.3, -0.25) is 0 Å². The van der Waals surface area contributed by atoms with Crippen LogP contribution in [-0.2, 0) is 6.42 Å². The Bertz CT molecular complexity index is 568. The summed E-state index contributed by atoms with van der Waals surface area (Å²) in [5, 5.41) is 0. The van der Waals surface area contributed by atoms with Gasteiger partial charge in [-0.15, -0.1) is 11.6 Å². The van der Waals surface area contributed by atoms with Gasteiger partial charge in [0, 0.05) is 17.9 Å². The van der Waals surface area contributed by atoms with Crippen molar-refractivity contribution in [3.8, 4) is 22.8 Å². The molecule has 0 unspecified atom stereocenters. The number of alkyl halides is 1. The lowest BCUT2D eigenvalue weighted by atomic mass is 10.1. The summed E-state index contributed by atoms with van der Waals surface area (Å²) >= 11 is 5.65. The van der Waals surface area contributed by atoms with Crippen molar-refractivity contribution in [3.05, 3.63) is 30.3 Å². The highest BCUT2D eigenvalue weighted by Crippen LogP contribution is 2.34. The van der Waals surface area contributed by atoms with Crippen LogP contribution in [0.15, 0.2) is 28.8 Å². The van der Waals surface area contributed by atoms with Crippen molar-refractivity contribution in [1.29, 1.82) is 0 Å². The van der Waals surface area contributed by atoms with Crippen molar-refractivity contribution in [2.24, 2.45) is 0 Å². The summed E-state index contributed by atoms with van der Waals surface area (Å²) in [7, 11) is 0. The van der Waals surface area contributed by atoms with E-state index in [4.69, 9.17) is 25.5 Å². The largest absolute Gasteiger partial charge is 0.486 e. The number of fused-ring (bicyclic) bond motifs is 1. The fraction of sp³-hybridized carbons (Fsp3) is 0.357. The molecule has 0 radical (unpaired) electrons. The smallest absolute Gasteiger partial charge is 0.194 e. The summed E-state index contributed by atoms with van der Waals surface area (Å²) in [6.07, 6.45) is 3.35. The first kappa shape index (κ1) is 12.4. The van der Waals surface area contributed by atoms with Crippen LogP contribution < -0.4 is 9.47 Å². The lowest BCUT2D eigenvalue weighted by Gasteiger charge is -2.18. The molecule has 100 valence electrons. The van der Waals surface area contributed by atoms with E-state index in [1.54, 1.807) is 6.20 Å². The number of hydrogen-bond acceptors (Lipinski definition) is 4. The third kappa shape index (κ3) is 2.68. The Balaban J connectivity index is 1.83. The second kappa shape index (κ2) is 5.53. The van der Waals surface area contributed by atoms with Crippen LogP contribution in [0.25, 0.3) is 11.3 Å². The molecule has 0 atom stereocenters. The highest BCUT2D eigenvalue weighted by molar-refractivity contribution is 6.17. The molecule has 3 rings (SSSR count). The average Bonchev–Trinajstić information content (AvgIpc) is 2.93. The number of ether oxygens (including phenoxy) is 2. The maximum absolute atomic E-state index is 5.70. The minimum absolute atomic E-state index is 0.577. The molecule has 0 spiro atoms. The number of rotatable bonds is 4. The van der Waals surface area contributed by atoms with Crippen LogP contribution in [0.1, 0.15) is 12.3 Å². The van der Waals surface area contributed by atoms with Gasteiger partial charge in [-0.05, 0) is 24.6 Å². The molecule has 0 amide bonds. The molecular weight excluding hydrogens is 266 g/mol. The van der Waals surface area contributed by atoms with E-state index in [2.05, 4.69) is 4.98 Å². The quantitative estimate of drug-likeness (QED) is 0.806. The molecule has 1 aliphatic heterocycles. The van der Waals surface area contributed by atoms with E-state index in [0.29, 0.717) is 25.0 Å². The van der Waals surface area contributed by atoms with Crippen LogP contribution in [0.3, 0.4) is 0 Å². The van der Waals surface area contributed by atoms with Crippen LogP contribution in [0.4, 0.5) is 0 Å². The van der Waals surface area contributed by atoms with Crippen LogP contribution in [0.5, 0.6) is 11.5 Å². The van der Waals surface area contributed by atoms with E-state index in [-0.39, 0.29) is 0 Å². The first-order valence-electron chi connectivity index (χ1n) is 6.27. The zero-order valence-corrected chi connectivity index (χ0v) is 11.2. The van der Waals surface area contributed by atoms with Crippen molar-refractivity contribution in [1.82, 2.24) is 4.98 Å². The molecule has 4 nitrogen and oxygen atoms in total. The molecular formula is C14H14ClNO3. The van der Waals surface area contributed by atoms with Gasteiger partial charge in [0.2, 0.25) is 0 Å². The number of oxazole rings is 1. The van der Waals surface area contributed by atoms with E-state index in [9.17, 15) is 0 Å². The van der Waals surface area contributed by atoms with Gasteiger partial charge in [-0.25, -0.2) is 4.98 Å². The lowest BCUT2D eigenvalue weighted by molar-refractivity contribution is 0.171. The van der Waals surface area contributed by atoms with Gasteiger partial charge in [-0.1, -0.05) is 0 Å². The first-order chi connectivity index (χ1) is 9.36. The van der Waals surface area contributed by atoms with Crippen LogP contribution >= 0.6 is 11.6 Å². The van der Waals surface area contributed by atoms with Crippen LogP contribution in [0.2, 0.25) is 0 Å². The van der Waals surface area contributed by atoms with Gasteiger partial charge in [-0.2, -0.15) is 0 Å². The summed E-state index contributed by atoms with van der Waals surface area (Å²) in [4.78, 5) is 4.24. The Hall–Kier alpha value is -1.68. The topological polar surface area (TPSA) is 44.5 Å². The van der Waals surface area contributed by atoms with Gasteiger partial charge in [0.25, 0.3) is 0 Å². The highest BCUT2D eigenvalue weighted by atomic mass is 35.5. The molecule has 2 aromatic rings. The van der Waals surface area contributed by atoms with Crippen molar-refractivity contribution in [3.63, 3.8) is 0 Å². The predicted molar refractivity (Wildman–Crippen MR) is 72.0 cm³/mol. The lowest BCUT2D eigenvalue weighted by Crippen LogP contribution is -2.15. The number of hydrogen-bond donors (Lipinski definition) is 0. The summed E-state index contributed by atoms with van der Waals surface area (Å²) < 4.78 is 16.7. The first-order valence-corrected chi connectivity index (χ1v) is 6.81. The fourth-order valence-electron chi connectivity index (χ4n) is 1.97. The molecule has 1 aliphatic rings. The van der Waals surface area contributed by atoms with Crippen molar-refractivity contribution < 1.29 is 13.9 Å². The molecule has 2 heterocycles. The molecule has 1 aromatic carbocycles. The van der Waals surface area contributed by atoms with Gasteiger partial charge in [0.1, 0.15) is 13.2 Å². The van der Waals surface area contributed by atoms with Crippen LogP contribution in [-0.4, -0.2) is 24.1 Å². The summed E-state index contributed by atoms with van der Waals surface area (Å²) in [6.45, 7) is 1.17. The number of aryl methyl sites for hydroxylation is 1. The number of aromatic nitrogens is 1. The maximum atomic E-state index is 5.70. The third-order valence-electron chi connectivity index (χ3n) is 2.90. The zero-order valence-electron chi connectivity index (χ0n) is 10.4. The van der Waals surface area contributed by atoms with E-state index < -0.39 is 0 Å². The Morgan fingerprint density at radius 2 is 2.00 bits per heavy atom. The van der Waals surface area contributed by atoms with Gasteiger partial charge in [0.15, 0.2) is 23.1 Å². The molecule has 0 saturated carbocycles. The molecule has 0 bridgehead atoms.